The van der Waals surface area contributed by atoms with Crippen LogP contribution in [0.15, 0.2) is 48.9 Å². The molecule has 8 nitrogen and oxygen atoms in total. The third kappa shape index (κ3) is 3.34. The highest BCUT2D eigenvalue weighted by molar-refractivity contribution is 9.11. The van der Waals surface area contributed by atoms with E-state index in [1.165, 1.54) is 0 Å². The number of ether oxygens (including phenoxy) is 2. The van der Waals surface area contributed by atoms with Gasteiger partial charge in [0.15, 0.2) is 5.75 Å². The summed E-state index contributed by atoms with van der Waals surface area (Å²) in [6.07, 6.45) is 0.829. The molecule has 0 spiro atoms. The molecule has 0 fully saturated rings. The van der Waals surface area contributed by atoms with Gasteiger partial charge in [0, 0.05) is 12.0 Å². The van der Waals surface area contributed by atoms with Crippen LogP contribution < -0.4 is 20.7 Å². The summed E-state index contributed by atoms with van der Waals surface area (Å²) in [7, 11) is 0. The standard InChI is InChI=1S/C18H10Br2N4O4/c19-12-6-10(24-18(26)22-17(25)14(8-21)23-24)7-13(20)16(12)28-11-1-2-15-9(5-11)3-4-27-15/h1-2,5-7H,3-4H2,(H,22,25,26). The van der Waals surface area contributed by atoms with Gasteiger partial charge in [-0.3, -0.25) is 9.78 Å². The van der Waals surface area contributed by atoms with Gasteiger partial charge in [-0.15, -0.1) is 5.10 Å². The fourth-order valence-corrected chi connectivity index (χ4v) is 4.08. The molecule has 1 aliphatic rings. The monoisotopic (exact) mass is 504 g/mol. The van der Waals surface area contributed by atoms with E-state index in [-0.39, 0.29) is 0 Å². The lowest BCUT2D eigenvalue weighted by Gasteiger charge is -2.13. The average molecular weight is 506 g/mol. The molecule has 0 saturated carbocycles. The molecule has 1 aliphatic heterocycles. The van der Waals surface area contributed by atoms with Crippen molar-refractivity contribution in [1.82, 2.24) is 14.8 Å². The summed E-state index contributed by atoms with van der Waals surface area (Å²) in [5.74, 6) is 2.00. The largest absolute Gasteiger partial charge is 0.493 e. The lowest BCUT2D eigenvalue weighted by Crippen LogP contribution is -2.33. The van der Waals surface area contributed by atoms with Crippen molar-refractivity contribution in [3.05, 3.63) is 71.4 Å². The number of nitrogens with zero attached hydrogens (tertiary/aromatic N) is 3. The lowest BCUT2D eigenvalue weighted by molar-refractivity contribution is 0.356. The Balaban J connectivity index is 1.73. The Morgan fingerprint density at radius 3 is 2.68 bits per heavy atom. The number of aromatic amines is 1. The molecule has 0 aliphatic carbocycles. The first kappa shape index (κ1) is 18.5. The molecule has 0 amide bonds. The number of H-pyrrole nitrogens is 1. The highest BCUT2D eigenvalue weighted by Gasteiger charge is 2.17. The van der Waals surface area contributed by atoms with Crippen molar-refractivity contribution < 1.29 is 9.47 Å². The van der Waals surface area contributed by atoms with E-state index in [0.717, 1.165) is 22.4 Å². The number of halogens is 2. The van der Waals surface area contributed by atoms with E-state index in [1.54, 1.807) is 18.2 Å². The second kappa shape index (κ2) is 7.26. The van der Waals surface area contributed by atoms with Gasteiger partial charge in [0.25, 0.3) is 5.56 Å². The minimum atomic E-state index is -0.831. The number of fused-ring (bicyclic) bond motifs is 1. The number of hydrogen-bond donors (Lipinski definition) is 1. The van der Waals surface area contributed by atoms with Crippen molar-refractivity contribution in [2.45, 2.75) is 6.42 Å². The SMILES string of the molecule is N#Cc1nn(-c2cc(Br)c(Oc3ccc4c(c3)CCO4)c(Br)c2)c(=O)[nH]c1=O. The van der Waals surface area contributed by atoms with E-state index in [4.69, 9.17) is 14.7 Å². The second-order valence-electron chi connectivity index (χ2n) is 5.84. The molecule has 0 atom stereocenters. The maximum absolute atomic E-state index is 12.1. The molecule has 2 heterocycles. The summed E-state index contributed by atoms with van der Waals surface area (Å²) >= 11 is 6.86. The fraction of sp³-hybridized carbons (Fsp3) is 0.111. The van der Waals surface area contributed by atoms with Gasteiger partial charge in [-0.05, 0) is 62.2 Å². The molecule has 4 rings (SSSR count). The summed E-state index contributed by atoms with van der Waals surface area (Å²) in [5, 5.41) is 12.8. The van der Waals surface area contributed by atoms with Gasteiger partial charge in [0.05, 0.1) is 21.2 Å². The Kier molecular flexibility index (Phi) is 4.78. The van der Waals surface area contributed by atoms with E-state index < -0.39 is 16.9 Å². The van der Waals surface area contributed by atoms with Gasteiger partial charge in [-0.1, -0.05) is 0 Å². The second-order valence-corrected chi connectivity index (χ2v) is 7.55. The number of aromatic nitrogens is 3. The first-order valence-corrected chi connectivity index (χ1v) is 9.61. The molecule has 2 aromatic carbocycles. The third-order valence-corrected chi connectivity index (χ3v) is 5.22. The number of nitrogens with one attached hydrogen (secondary N) is 1. The van der Waals surface area contributed by atoms with Gasteiger partial charge >= 0.3 is 5.69 Å². The summed E-state index contributed by atoms with van der Waals surface area (Å²) in [5.41, 5.74) is -0.578. The normalized spacial score (nSPS) is 12.2. The average Bonchev–Trinajstić information content (AvgIpc) is 3.12. The third-order valence-electron chi connectivity index (χ3n) is 4.04. The van der Waals surface area contributed by atoms with Crippen LogP contribution in [0.1, 0.15) is 11.3 Å². The Labute approximate surface area is 174 Å². The van der Waals surface area contributed by atoms with E-state index >= 15 is 0 Å². The van der Waals surface area contributed by atoms with Crippen LogP contribution in [0.2, 0.25) is 0 Å². The fourth-order valence-electron chi connectivity index (χ4n) is 2.76. The van der Waals surface area contributed by atoms with Gasteiger partial charge < -0.3 is 9.47 Å². The van der Waals surface area contributed by atoms with Crippen LogP contribution in [0.4, 0.5) is 0 Å². The van der Waals surface area contributed by atoms with Crippen molar-refractivity contribution >= 4 is 31.9 Å². The van der Waals surface area contributed by atoms with Crippen molar-refractivity contribution in [1.29, 1.82) is 5.26 Å². The maximum Gasteiger partial charge on any atom is 0.349 e. The highest BCUT2D eigenvalue weighted by atomic mass is 79.9. The Morgan fingerprint density at radius 1 is 1.21 bits per heavy atom. The summed E-state index contributed by atoms with van der Waals surface area (Å²) in [4.78, 5) is 25.7. The topological polar surface area (TPSA) is 110 Å². The molecule has 10 heteroatoms. The zero-order valence-corrected chi connectivity index (χ0v) is 17.2. The van der Waals surface area contributed by atoms with Crippen LogP contribution in [-0.4, -0.2) is 21.4 Å². The minimum Gasteiger partial charge on any atom is -0.493 e. The molecule has 0 saturated heterocycles. The molecular formula is C18H10Br2N4O4. The van der Waals surface area contributed by atoms with Gasteiger partial charge in [0.1, 0.15) is 17.6 Å². The zero-order chi connectivity index (χ0) is 19.8. The number of benzene rings is 2. The van der Waals surface area contributed by atoms with E-state index in [9.17, 15) is 9.59 Å². The van der Waals surface area contributed by atoms with Crippen molar-refractivity contribution in [2.24, 2.45) is 0 Å². The molecule has 3 aromatic rings. The molecule has 28 heavy (non-hydrogen) atoms. The van der Waals surface area contributed by atoms with Gasteiger partial charge in [-0.25, -0.2) is 4.79 Å². The first-order valence-electron chi connectivity index (χ1n) is 8.03. The van der Waals surface area contributed by atoms with Crippen LogP contribution in [-0.2, 0) is 6.42 Å². The van der Waals surface area contributed by atoms with E-state index in [0.29, 0.717) is 32.7 Å². The highest BCUT2D eigenvalue weighted by Crippen LogP contribution is 2.39. The number of nitriles is 1. The van der Waals surface area contributed by atoms with Crippen LogP contribution in [0.25, 0.3) is 5.69 Å². The van der Waals surface area contributed by atoms with Crippen LogP contribution in [0, 0.1) is 11.3 Å². The van der Waals surface area contributed by atoms with Crippen molar-refractivity contribution in [3.8, 4) is 29.0 Å². The zero-order valence-electron chi connectivity index (χ0n) is 14.0. The van der Waals surface area contributed by atoms with Gasteiger partial charge in [0.2, 0.25) is 5.69 Å². The summed E-state index contributed by atoms with van der Waals surface area (Å²) in [6, 6.07) is 10.4. The van der Waals surface area contributed by atoms with Crippen LogP contribution in [0.5, 0.6) is 17.2 Å². The van der Waals surface area contributed by atoms with E-state index in [2.05, 4.69) is 41.9 Å². The molecule has 0 radical (unpaired) electrons. The molecule has 0 unspecified atom stereocenters. The number of hydrogen-bond acceptors (Lipinski definition) is 6. The Bertz CT molecular complexity index is 1240. The summed E-state index contributed by atoms with van der Waals surface area (Å²) in [6.45, 7) is 0.659. The molecule has 140 valence electrons. The summed E-state index contributed by atoms with van der Waals surface area (Å²) < 4.78 is 13.5. The Hall–Kier alpha value is -2.90. The number of rotatable bonds is 3. The van der Waals surface area contributed by atoms with Crippen molar-refractivity contribution in [3.63, 3.8) is 0 Å². The molecule has 0 bridgehead atoms. The van der Waals surface area contributed by atoms with Crippen LogP contribution in [0.3, 0.4) is 0 Å². The molecular weight excluding hydrogens is 496 g/mol. The maximum atomic E-state index is 12.1. The smallest absolute Gasteiger partial charge is 0.349 e. The van der Waals surface area contributed by atoms with Crippen LogP contribution >= 0.6 is 31.9 Å². The van der Waals surface area contributed by atoms with E-state index in [1.807, 2.05) is 18.2 Å². The Morgan fingerprint density at radius 2 is 1.96 bits per heavy atom. The predicted molar refractivity (Wildman–Crippen MR) is 106 cm³/mol. The molecule has 1 aromatic heterocycles. The van der Waals surface area contributed by atoms with Crippen molar-refractivity contribution in [2.75, 3.05) is 6.61 Å². The quantitative estimate of drug-likeness (QED) is 0.585. The first-order chi connectivity index (χ1) is 13.5. The van der Waals surface area contributed by atoms with Gasteiger partial charge in [-0.2, -0.15) is 9.94 Å². The molecule has 1 N–H and O–H groups in total. The lowest BCUT2D eigenvalue weighted by atomic mass is 10.1. The minimum absolute atomic E-state index is 0.339. The predicted octanol–water partition coefficient (Wildman–Crippen LogP) is 3.04.